The van der Waals surface area contributed by atoms with Crippen molar-refractivity contribution in [3.05, 3.63) is 0 Å². The van der Waals surface area contributed by atoms with Crippen LogP contribution in [0.3, 0.4) is 0 Å². The highest BCUT2D eigenvalue weighted by molar-refractivity contribution is 5.88. The second kappa shape index (κ2) is 4.21. The van der Waals surface area contributed by atoms with E-state index in [9.17, 15) is 9.59 Å². The van der Waals surface area contributed by atoms with Gasteiger partial charge in [0.15, 0.2) is 0 Å². The normalized spacial score (nSPS) is 35.3. The molecule has 0 spiro atoms. The van der Waals surface area contributed by atoms with Crippen LogP contribution in [-0.4, -0.2) is 23.9 Å². The lowest BCUT2D eigenvalue weighted by atomic mass is 9.81. The summed E-state index contributed by atoms with van der Waals surface area (Å²) in [6, 6.07) is 0.0495. The van der Waals surface area contributed by atoms with Gasteiger partial charge in [-0.2, -0.15) is 0 Å². The average molecular weight is 210 g/mol. The molecule has 0 bridgehead atoms. The lowest BCUT2D eigenvalue weighted by Gasteiger charge is -2.35. The highest BCUT2D eigenvalue weighted by Crippen LogP contribution is 2.26. The molecule has 2 fully saturated rings. The fraction of sp³-hybridized carbons (Fsp3) is 0.818. The van der Waals surface area contributed by atoms with Crippen molar-refractivity contribution in [2.45, 2.75) is 51.1 Å². The second-order valence-electron chi connectivity index (χ2n) is 4.79. The zero-order chi connectivity index (χ0) is 10.8. The quantitative estimate of drug-likeness (QED) is 0.700. The van der Waals surface area contributed by atoms with E-state index in [0.717, 1.165) is 31.6 Å². The Bertz CT molecular complexity index is 272. The van der Waals surface area contributed by atoms with Gasteiger partial charge in [-0.05, 0) is 31.6 Å². The molecule has 1 aliphatic heterocycles. The van der Waals surface area contributed by atoms with Gasteiger partial charge in [0, 0.05) is 12.5 Å². The van der Waals surface area contributed by atoms with Gasteiger partial charge < -0.3 is 10.6 Å². The molecule has 2 rings (SSSR count). The minimum absolute atomic E-state index is 0.0000463. The van der Waals surface area contributed by atoms with Crippen molar-refractivity contribution in [2.24, 2.45) is 5.92 Å². The standard InChI is InChI=1S/C11H18N2O2/c1-7-5-8(6-7)12-11(15)9-3-2-4-10(14)13-9/h7-9H,2-6H2,1H3,(H,12,15)(H,13,14)/t7?,8?,9-/m1/s1. The molecule has 84 valence electrons. The van der Waals surface area contributed by atoms with Crippen LogP contribution in [0.2, 0.25) is 0 Å². The van der Waals surface area contributed by atoms with Crippen molar-refractivity contribution in [2.75, 3.05) is 0 Å². The van der Waals surface area contributed by atoms with Crippen LogP contribution in [0.1, 0.15) is 39.0 Å². The molecule has 2 N–H and O–H groups in total. The minimum Gasteiger partial charge on any atom is -0.352 e. The van der Waals surface area contributed by atoms with Crippen molar-refractivity contribution in [3.8, 4) is 0 Å². The summed E-state index contributed by atoms with van der Waals surface area (Å²) in [5.41, 5.74) is 0. The van der Waals surface area contributed by atoms with Crippen LogP contribution in [-0.2, 0) is 9.59 Å². The first-order chi connectivity index (χ1) is 7.15. The van der Waals surface area contributed by atoms with Crippen LogP contribution in [0.25, 0.3) is 0 Å². The number of rotatable bonds is 2. The number of hydrogen-bond acceptors (Lipinski definition) is 2. The van der Waals surface area contributed by atoms with Gasteiger partial charge in [0.25, 0.3) is 0 Å². The lowest BCUT2D eigenvalue weighted by Crippen LogP contribution is -2.53. The predicted molar refractivity (Wildman–Crippen MR) is 56.1 cm³/mol. The molecule has 0 aromatic heterocycles. The van der Waals surface area contributed by atoms with Gasteiger partial charge in [-0.25, -0.2) is 0 Å². The highest BCUT2D eigenvalue weighted by atomic mass is 16.2. The van der Waals surface area contributed by atoms with Crippen LogP contribution >= 0.6 is 0 Å². The molecule has 1 heterocycles. The number of amides is 2. The third-order valence-corrected chi connectivity index (χ3v) is 3.27. The monoisotopic (exact) mass is 210 g/mol. The van der Waals surface area contributed by atoms with E-state index in [1.165, 1.54) is 0 Å². The highest BCUT2D eigenvalue weighted by Gasteiger charge is 2.30. The molecular weight excluding hydrogens is 192 g/mol. The number of piperidine rings is 1. The minimum atomic E-state index is -0.290. The Morgan fingerprint density at radius 2 is 2.20 bits per heavy atom. The molecule has 1 saturated heterocycles. The van der Waals surface area contributed by atoms with Crippen LogP contribution in [0, 0.1) is 5.92 Å². The fourth-order valence-corrected chi connectivity index (χ4v) is 2.32. The molecule has 0 aromatic carbocycles. The number of hydrogen-bond donors (Lipinski definition) is 2. The van der Waals surface area contributed by atoms with E-state index in [0.29, 0.717) is 12.5 Å². The topological polar surface area (TPSA) is 58.2 Å². The second-order valence-corrected chi connectivity index (χ2v) is 4.79. The third kappa shape index (κ3) is 2.49. The molecule has 0 radical (unpaired) electrons. The molecule has 2 aliphatic rings. The lowest BCUT2D eigenvalue weighted by molar-refractivity contribution is -0.131. The Hall–Kier alpha value is -1.06. The van der Waals surface area contributed by atoms with Gasteiger partial charge in [-0.3, -0.25) is 9.59 Å². The maximum absolute atomic E-state index is 11.7. The first-order valence-corrected chi connectivity index (χ1v) is 5.75. The van der Waals surface area contributed by atoms with E-state index in [1.54, 1.807) is 0 Å². The smallest absolute Gasteiger partial charge is 0.242 e. The van der Waals surface area contributed by atoms with Gasteiger partial charge >= 0.3 is 0 Å². The van der Waals surface area contributed by atoms with Crippen molar-refractivity contribution in [1.29, 1.82) is 0 Å². The van der Waals surface area contributed by atoms with Gasteiger partial charge in [0.1, 0.15) is 6.04 Å². The largest absolute Gasteiger partial charge is 0.352 e. The zero-order valence-electron chi connectivity index (χ0n) is 9.08. The average Bonchev–Trinajstić information content (AvgIpc) is 2.15. The van der Waals surface area contributed by atoms with Gasteiger partial charge in [-0.1, -0.05) is 6.92 Å². The molecule has 4 nitrogen and oxygen atoms in total. The fourth-order valence-electron chi connectivity index (χ4n) is 2.32. The molecule has 1 aliphatic carbocycles. The Morgan fingerprint density at radius 3 is 2.80 bits per heavy atom. The zero-order valence-corrected chi connectivity index (χ0v) is 9.08. The van der Waals surface area contributed by atoms with Crippen LogP contribution in [0.5, 0.6) is 0 Å². The van der Waals surface area contributed by atoms with Gasteiger partial charge in [-0.15, -0.1) is 0 Å². The summed E-state index contributed by atoms with van der Waals surface area (Å²) < 4.78 is 0. The van der Waals surface area contributed by atoms with Crippen molar-refractivity contribution < 1.29 is 9.59 Å². The third-order valence-electron chi connectivity index (χ3n) is 3.27. The van der Waals surface area contributed by atoms with Crippen molar-refractivity contribution in [1.82, 2.24) is 10.6 Å². The predicted octanol–water partition coefficient (Wildman–Crippen LogP) is 0.570. The summed E-state index contributed by atoms with van der Waals surface area (Å²) in [6.45, 7) is 2.19. The summed E-state index contributed by atoms with van der Waals surface area (Å²) in [5.74, 6) is 0.736. The summed E-state index contributed by atoms with van der Waals surface area (Å²) in [4.78, 5) is 22.8. The Kier molecular flexibility index (Phi) is 2.93. The van der Waals surface area contributed by atoms with E-state index < -0.39 is 0 Å². The molecular formula is C11H18N2O2. The van der Waals surface area contributed by atoms with Crippen molar-refractivity contribution >= 4 is 11.8 Å². The summed E-state index contributed by atoms with van der Waals surface area (Å²) in [6.07, 6.45) is 4.31. The number of carbonyl (C=O) groups is 2. The molecule has 15 heavy (non-hydrogen) atoms. The van der Waals surface area contributed by atoms with Crippen LogP contribution in [0.4, 0.5) is 0 Å². The van der Waals surface area contributed by atoms with Gasteiger partial charge in [0.05, 0.1) is 0 Å². The summed E-state index contributed by atoms with van der Waals surface area (Å²) >= 11 is 0. The number of carbonyl (C=O) groups excluding carboxylic acids is 2. The van der Waals surface area contributed by atoms with E-state index in [4.69, 9.17) is 0 Å². The van der Waals surface area contributed by atoms with E-state index in [2.05, 4.69) is 17.6 Å². The first kappa shape index (κ1) is 10.5. The van der Waals surface area contributed by atoms with Crippen LogP contribution < -0.4 is 10.6 Å². The SMILES string of the molecule is CC1CC(NC(=O)[C@H]2CCCC(=O)N2)C1. The molecule has 4 heteroatoms. The Morgan fingerprint density at radius 1 is 1.47 bits per heavy atom. The Balaban J connectivity index is 1.77. The summed E-state index contributed by atoms with van der Waals surface area (Å²) in [5, 5.41) is 5.71. The summed E-state index contributed by atoms with van der Waals surface area (Å²) in [7, 11) is 0. The van der Waals surface area contributed by atoms with Crippen molar-refractivity contribution in [3.63, 3.8) is 0 Å². The van der Waals surface area contributed by atoms with E-state index in [1.807, 2.05) is 0 Å². The maximum atomic E-state index is 11.7. The van der Waals surface area contributed by atoms with E-state index in [-0.39, 0.29) is 17.9 Å². The molecule has 1 atom stereocenters. The molecule has 2 amide bonds. The Labute approximate surface area is 89.8 Å². The van der Waals surface area contributed by atoms with E-state index >= 15 is 0 Å². The maximum Gasteiger partial charge on any atom is 0.242 e. The molecule has 1 saturated carbocycles. The first-order valence-electron chi connectivity index (χ1n) is 5.75. The van der Waals surface area contributed by atoms with Gasteiger partial charge in [0.2, 0.25) is 11.8 Å². The molecule has 0 unspecified atom stereocenters. The van der Waals surface area contributed by atoms with Crippen LogP contribution in [0.15, 0.2) is 0 Å². The molecule has 0 aromatic rings. The number of nitrogens with one attached hydrogen (secondary N) is 2.